The number of fused-ring (bicyclic) bond motifs is 5. The quantitative estimate of drug-likeness (QED) is 0.207. The number of hydrogen-bond acceptors (Lipinski definition) is 19. The molecule has 0 aromatic carbocycles. The summed E-state index contributed by atoms with van der Waals surface area (Å²) in [6, 6.07) is 0. The molecule has 19 heteroatoms. The van der Waals surface area contributed by atoms with Crippen molar-refractivity contribution in [3.63, 3.8) is 0 Å². The molecular weight excluding hydrogens is 965 g/mol. The number of carbonyl (C=O) groups excluding carboxylic acids is 1. The Bertz CT molecular complexity index is 1890. The van der Waals surface area contributed by atoms with E-state index in [1.807, 2.05) is 27.7 Å². The lowest BCUT2D eigenvalue weighted by Crippen LogP contribution is -2.58. The van der Waals surface area contributed by atoms with Crippen molar-refractivity contribution in [3.8, 4) is 0 Å². The molecule has 74 heavy (non-hydrogen) atoms. The maximum Gasteiger partial charge on any atom is 0.172 e. The van der Waals surface area contributed by atoms with E-state index >= 15 is 0 Å². The Labute approximate surface area is 438 Å². The fraction of sp³-hybridized carbons (Fsp3) is 0.982. The molecule has 3 saturated carbocycles. The normalized spacial score (nSPS) is 54.8. The van der Waals surface area contributed by atoms with E-state index in [-0.39, 0.29) is 66.4 Å². The zero-order valence-corrected chi connectivity index (χ0v) is 46.0. The maximum absolute atomic E-state index is 13.4. The molecule has 0 radical (unpaired) electrons. The van der Waals surface area contributed by atoms with Crippen LogP contribution in [-0.4, -0.2) is 192 Å². The minimum absolute atomic E-state index is 0.000692. The number of hydrogen-bond donors (Lipinski definition) is 2. The van der Waals surface area contributed by atoms with Crippen LogP contribution in [0, 0.1) is 28.6 Å². The molecule has 424 valence electrons. The zero-order chi connectivity index (χ0) is 52.6. The van der Waals surface area contributed by atoms with Crippen molar-refractivity contribution in [3.05, 3.63) is 0 Å². The van der Waals surface area contributed by atoms with E-state index < -0.39 is 110 Å². The van der Waals surface area contributed by atoms with Crippen molar-refractivity contribution in [2.45, 2.75) is 286 Å². The Morgan fingerprint density at radius 3 is 1.41 bits per heavy atom. The summed E-state index contributed by atoms with van der Waals surface area (Å²) in [7, 11) is 6.66. The van der Waals surface area contributed by atoms with E-state index in [1.54, 1.807) is 35.4 Å². The van der Waals surface area contributed by atoms with Crippen LogP contribution in [0.25, 0.3) is 0 Å². The minimum Gasteiger partial charge on any atom is -0.390 e. The molecule has 1 spiro atoms. The van der Waals surface area contributed by atoms with Gasteiger partial charge in [0.05, 0.1) is 84.8 Å². The van der Waals surface area contributed by atoms with Crippen LogP contribution in [-0.2, 0) is 80.6 Å². The summed E-state index contributed by atoms with van der Waals surface area (Å²) in [5, 5.41) is 20.5. The first-order valence-electron chi connectivity index (χ1n) is 28.2. The predicted molar refractivity (Wildman–Crippen MR) is 261 cm³/mol. The van der Waals surface area contributed by atoms with E-state index in [1.165, 1.54) is 0 Å². The first-order chi connectivity index (χ1) is 35.3. The van der Waals surface area contributed by atoms with Gasteiger partial charge >= 0.3 is 0 Å². The largest absolute Gasteiger partial charge is 0.390 e. The SMILES string of the molecule is CO[C@H]1C[C@H](O[C@@H]2[C@@H](C)O[C@@H](O[C@H]3CC[C@@]4(C)[C@@H](CC[C@@]56O[C@@H](C)[C@@H]7CCC(=O)[C@]7(C)[C@@H](C[C@@H]54)O6)C3)C[C@H]2OC)O[C@H](C)[C@H]1O[C@H]1C[C@@H](OC)[C@H](O[C@H]2C[C@@H](OC)[C@H](O[C@H]3C[C@H](O)[C@H](O)[C@@H](C)O3)[C@@H](C)O2)[C@@H](C)O1. The van der Waals surface area contributed by atoms with Crippen LogP contribution in [0.5, 0.6) is 0 Å². The number of rotatable bonds is 14. The van der Waals surface area contributed by atoms with Crippen molar-refractivity contribution >= 4 is 5.78 Å². The van der Waals surface area contributed by atoms with E-state index in [0.29, 0.717) is 43.8 Å². The lowest BCUT2D eigenvalue weighted by atomic mass is 9.52. The molecule has 3 aliphatic carbocycles. The summed E-state index contributed by atoms with van der Waals surface area (Å²) in [4.78, 5) is 13.4. The van der Waals surface area contributed by atoms with Crippen molar-refractivity contribution in [2.24, 2.45) is 28.6 Å². The third-order valence-electron chi connectivity index (χ3n) is 20.1. The van der Waals surface area contributed by atoms with Crippen molar-refractivity contribution in [1.29, 1.82) is 0 Å². The van der Waals surface area contributed by atoms with Crippen LogP contribution in [0.1, 0.15) is 139 Å². The fourth-order valence-electron chi connectivity index (χ4n) is 15.8. The second kappa shape index (κ2) is 22.5. The molecule has 19 nitrogen and oxygen atoms in total. The average Bonchev–Trinajstić information content (AvgIpc) is 3.92. The number of ether oxygens (including phenoxy) is 16. The predicted octanol–water partition coefficient (Wildman–Crippen LogP) is 5.47. The van der Waals surface area contributed by atoms with Gasteiger partial charge in [-0.15, -0.1) is 0 Å². The molecule has 7 saturated heterocycles. The highest BCUT2D eigenvalue weighted by Gasteiger charge is 2.70. The second-order valence-electron chi connectivity index (χ2n) is 24.2. The smallest absolute Gasteiger partial charge is 0.172 e. The molecule has 7 aliphatic heterocycles. The topological polar surface area (TPSA) is 205 Å². The van der Waals surface area contributed by atoms with Crippen LogP contribution < -0.4 is 0 Å². The van der Waals surface area contributed by atoms with Gasteiger partial charge in [-0.05, 0) is 98.3 Å². The molecule has 10 fully saturated rings. The third-order valence-corrected chi connectivity index (χ3v) is 20.1. The summed E-state index contributed by atoms with van der Waals surface area (Å²) in [6.45, 7) is 16.3. The van der Waals surface area contributed by atoms with Gasteiger partial charge in [0.25, 0.3) is 0 Å². The minimum atomic E-state index is -0.976. The van der Waals surface area contributed by atoms with E-state index in [0.717, 1.165) is 44.9 Å². The van der Waals surface area contributed by atoms with Crippen molar-refractivity contribution < 1.29 is 90.8 Å². The zero-order valence-electron chi connectivity index (χ0n) is 46.0. The van der Waals surface area contributed by atoms with Crippen LogP contribution in [0.3, 0.4) is 0 Å². The molecule has 0 unspecified atom stereocenters. The van der Waals surface area contributed by atoms with Gasteiger partial charge in [0.1, 0.15) is 36.3 Å². The Balaban J connectivity index is 0.691. The fourth-order valence-corrected chi connectivity index (χ4v) is 15.8. The van der Waals surface area contributed by atoms with Gasteiger partial charge in [-0.2, -0.15) is 0 Å². The molecule has 0 aromatic rings. The molecular formula is C55H90O19. The Morgan fingerprint density at radius 2 is 0.946 bits per heavy atom. The highest BCUT2D eigenvalue weighted by molar-refractivity contribution is 5.88. The number of carbonyl (C=O) groups is 1. The van der Waals surface area contributed by atoms with Crippen molar-refractivity contribution in [2.75, 3.05) is 28.4 Å². The number of aliphatic hydroxyl groups is 2. The van der Waals surface area contributed by atoms with Gasteiger partial charge in [-0.3, -0.25) is 4.79 Å². The lowest BCUT2D eigenvalue weighted by Gasteiger charge is -2.57. The molecule has 10 rings (SSSR count). The molecule has 0 aromatic heterocycles. The van der Waals surface area contributed by atoms with Gasteiger partial charge < -0.3 is 86.0 Å². The van der Waals surface area contributed by atoms with E-state index in [9.17, 15) is 15.0 Å². The Hall–Kier alpha value is -1.05. The molecule has 29 atom stereocenters. The molecule has 0 amide bonds. The first-order valence-corrected chi connectivity index (χ1v) is 28.2. The second-order valence-corrected chi connectivity index (χ2v) is 24.2. The van der Waals surface area contributed by atoms with Crippen LogP contribution in [0.4, 0.5) is 0 Å². The number of methoxy groups -OCH3 is 4. The van der Waals surface area contributed by atoms with Gasteiger partial charge in [-0.25, -0.2) is 0 Å². The summed E-state index contributed by atoms with van der Waals surface area (Å²) < 4.78 is 103. The van der Waals surface area contributed by atoms with E-state index in [2.05, 4.69) is 20.8 Å². The summed E-state index contributed by atoms with van der Waals surface area (Å²) in [6.07, 6.45) is -1.45. The standard InChI is InChI=1S/C55H90O19/c1-26-34-13-14-41(57)54(34,8)42-25-40-53(7)17-16-33(19-32(53)15-18-55(40,73-26)74-42)68-44-21-36(59-9)50(28(3)64-44)70-46-23-38(61-11)52(30(5)66-46)72-47-24-39(62-12)51(31(6)67-47)71-45-22-37(60-10)49(29(4)65-45)69-43-20-35(56)48(58)27(2)63-43/h26-40,42-52,56,58H,13-25H2,1-12H3/t26-,27+,28+,29+,30+,31+,32-,33-,34-,35-,36+,37+,38-,39+,40+,42+,43-,44-,45-,46-,47-,48+,49+,50+,51+,52+,53-,54+,55-/m0/s1. The summed E-state index contributed by atoms with van der Waals surface area (Å²) >= 11 is 0. The Morgan fingerprint density at radius 1 is 0.500 bits per heavy atom. The van der Waals surface area contributed by atoms with Crippen LogP contribution >= 0.6 is 0 Å². The highest BCUT2D eigenvalue weighted by Crippen LogP contribution is 2.67. The third kappa shape index (κ3) is 10.5. The molecule has 7 heterocycles. The summed E-state index contributed by atoms with van der Waals surface area (Å²) in [5.74, 6) is 0.668. The van der Waals surface area contributed by atoms with Gasteiger partial charge in [0.15, 0.2) is 37.2 Å². The first kappa shape index (κ1) is 56.2. The van der Waals surface area contributed by atoms with Gasteiger partial charge in [0, 0.05) is 85.2 Å². The highest BCUT2D eigenvalue weighted by atomic mass is 16.8. The number of Topliss-reactive ketones (excluding diaryl/α,β-unsaturated/α-hetero) is 1. The number of ketones is 1. The van der Waals surface area contributed by atoms with Crippen LogP contribution in [0.15, 0.2) is 0 Å². The number of aliphatic hydroxyl groups excluding tert-OH is 2. The van der Waals surface area contributed by atoms with E-state index in [4.69, 9.17) is 75.8 Å². The average molecular weight is 1060 g/mol. The van der Waals surface area contributed by atoms with Gasteiger partial charge in [-0.1, -0.05) is 6.92 Å². The molecule has 2 bridgehead atoms. The Kier molecular flexibility index (Phi) is 17.1. The van der Waals surface area contributed by atoms with Crippen LogP contribution in [0.2, 0.25) is 0 Å². The molecule has 10 aliphatic rings. The monoisotopic (exact) mass is 1050 g/mol. The summed E-state index contributed by atoms with van der Waals surface area (Å²) in [5.41, 5.74) is -0.435. The maximum atomic E-state index is 13.4. The van der Waals surface area contributed by atoms with Crippen molar-refractivity contribution in [1.82, 2.24) is 0 Å². The lowest BCUT2D eigenvalue weighted by molar-refractivity contribution is -0.352. The molecule has 2 N–H and O–H groups in total. The van der Waals surface area contributed by atoms with Gasteiger partial charge in [0.2, 0.25) is 0 Å².